The van der Waals surface area contributed by atoms with Crippen LogP contribution in [0.1, 0.15) is 12.8 Å². The maximum Gasteiger partial charge on any atom is 0.369 e. The molecule has 12 nitrogen and oxygen atoms in total. The van der Waals surface area contributed by atoms with Crippen molar-refractivity contribution in [2.75, 3.05) is 6.54 Å². The summed E-state index contributed by atoms with van der Waals surface area (Å²) in [6.45, 7) is -0.0394. The Kier molecular flexibility index (Phi) is 17.0. The smallest absolute Gasteiger partial charge is 0.368 e. The Morgan fingerprint density at radius 1 is 0.889 bits per heavy atom. The van der Waals surface area contributed by atoms with E-state index < -0.39 is 26.7 Å². The molecule has 0 fully saturated rings. The Morgan fingerprint density at radius 3 is 1.33 bits per heavy atom. The van der Waals surface area contributed by atoms with Crippen LogP contribution in [0, 0.1) is 0 Å². The van der Waals surface area contributed by atoms with Crippen molar-refractivity contribution in [2.24, 2.45) is 5.73 Å². The topological polar surface area (TPSA) is 301 Å². The minimum atomic E-state index is -5.30. The van der Waals surface area contributed by atoms with Crippen molar-refractivity contribution >= 4 is 15.2 Å². The Labute approximate surface area is 105 Å². The second-order valence-corrected chi connectivity index (χ2v) is 6.76. The molecule has 0 bridgehead atoms. The highest BCUT2D eigenvalue weighted by Gasteiger charge is 2.58. The average Bonchev–Trinajstić information content (AvgIpc) is 1.95. The van der Waals surface area contributed by atoms with Gasteiger partial charge in [0, 0.05) is 6.42 Å². The summed E-state index contributed by atoms with van der Waals surface area (Å²) in [7, 11) is -10.6. The van der Waals surface area contributed by atoms with Crippen LogP contribution in [-0.4, -0.2) is 36.3 Å². The Hall–Kier alpha value is 0.0600. The molecule has 0 saturated carbocycles. The van der Waals surface area contributed by atoms with E-state index in [1.165, 1.54) is 0 Å². The van der Waals surface area contributed by atoms with Crippen LogP contribution in [0.3, 0.4) is 0 Å². The quantitative estimate of drug-likeness (QED) is 0.283. The molecule has 0 atom stereocenters. The predicted octanol–water partition coefficient (Wildman–Crippen LogP) is -0.625. The summed E-state index contributed by atoms with van der Waals surface area (Å²) >= 11 is 0. The number of hydrogen-bond acceptors (Lipinski definition) is 8. The van der Waals surface area contributed by atoms with Gasteiger partial charge in [-0.05, 0) is 13.0 Å². The van der Waals surface area contributed by atoms with Crippen molar-refractivity contribution in [3.05, 3.63) is 0 Å². The summed E-state index contributed by atoms with van der Waals surface area (Å²) in [6, 6.07) is 0. The summed E-state index contributed by atoms with van der Waals surface area (Å²) in [6.07, 6.45) is -0.856. The van der Waals surface area contributed by atoms with Crippen LogP contribution in [0.4, 0.5) is 0 Å². The van der Waals surface area contributed by atoms with Gasteiger partial charge in [-0.2, -0.15) is 0 Å². The number of aliphatic hydroxyl groups is 1. The lowest BCUT2D eigenvalue weighted by Gasteiger charge is -2.28. The molecule has 118 valence electrons. The first kappa shape index (κ1) is 30.8. The van der Waals surface area contributed by atoms with E-state index in [9.17, 15) is 14.2 Å². The van der Waals surface area contributed by atoms with Gasteiger partial charge < -0.3 is 55.0 Å². The van der Waals surface area contributed by atoms with Gasteiger partial charge in [0.15, 0.2) is 0 Å². The average molecular weight is 317 g/mol. The van der Waals surface area contributed by atoms with Crippen LogP contribution in [0.15, 0.2) is 0 Å². The van der Waals surface area contributed by atoms with Crippen LogP contribution in [-0.2, 0) is 9.13 Å². The van der Waals surface area contributed by atoms with Gasteiger partial charge in [0.1, 0.15) is 0 Å². The van der Waals surface area contributed by atoms with E-state index in [1.54, 1.807) is 0 Å². The van der Waals surface area contributed by atoms with Crippen molar-refractivity contribution in [3.8, 4) is 0 Å². The molecule has 0 unspecified atom stereocenters. The predicted molar refractivity (Wildman–Crippen MR) is 67.4 cm³/mol. The molecular weight excluding hydrogens is 292 g/mol. The zero-order valence-electron chi connectivity index (χ0n) is 9.97. The van der Waals surface area contributed by atoms with Crippen molar-refractivity contribution in [1.82, 2.24) is 24.6 Å². The molecule has 0 amide bonds. The second-order valence-electron chi connectivity index (χ2n) is 2.75. The summed E-state index contributed by atoms with van der Waals surface area (Å²) in [5, 5.41) is 5.91. The minimum absolute atomic E-state index is 0. The first-order chi connectivity index (χ1) is 6.06. The van der Waals surface area contributed by atoms with Gasteiger partial charge in [-0.15, -0.1) is 0 Å². The van der Waals surface area contributed by atoms with E-state index in [1.807, 2.05) is 0 Å². The molecule has 0 aromatic heterocycles. The zero-order chi connectivity index (χ0) is 11.6. The third-order valence-corrected chi connectivity index (χ3v) is 5.53. The Bertz CT molecular complexity index is 268. The number of hydrogen-bond donors (Lipinski definition) is 10. The molecule has 0 aliphatic rings. The van der Waals surface area contributed by atoms with Gasteiger partial charge in [-0.3, -0.25) is 9.13 Å². The summed E-state index contributed by atoms with van der Waals surface area (Å²) < 4.78 is 21.4. The summed E-state index contributed by atoms with van der Waals surface area (Å²) in [5.74, 6) is 0. The van der Waals surface area contributed by atoms with Crippen LogP contribution < -0.4 is 30.3 Å². The van der Waals surface area contributed by atoms with E-state index in [0.717, 1.165) is 0 Å². The van der Waals surface area contributed by atoms with Gasteiger partial charge in [-0.1, -0.05) is 0 Å². The normalized spacial score (nSPS) is 11.2. The summed E-state index contributed by atoms with van der Waals surface area (Å²) in [4.78, 5) is 34.5. The van der Waals surface area contributed by atoms with Crippen LogP contribution >= 0.6 is 15.2 Å². The van der Waals surface area contributed by atoms with Gasteiger partial charge in [-0.25, -0.2) is 0 Å². The highest BCUT2D eigenvalue weighted by molar-refractivity contribution is 7.72. The highest BCUT2D eigenvalue weighted by atomic mass is 31.2. The Morgan fingerprint density at radius 2 is 1.17 bits per heavy atom. The van der Waals surface area contributed by atoms with Crippen LogP contribution in [0.25, 0.3) is 0 Å². The van der Waals surface area contributed by atoms with E-state index in [-0.39, 0.29) is 37.6 Å². The third-order valence-electron chi connectivity index (χ3n) is 1.65. The molecule has 0 rings (SSSR count). The lowest BCUT2D eigenvalue weighted by Crippen LogP contribution is -2.29. The van der Waals surface area contributed by atoms with Crippen molar-refractivity contribution in [2.45, 2.75) is 17.9 Å². The molecule has 0 saturated heterocycles. The van der Waals surface area contributed by atoms with E-state index in [4.69, 9.17) is 25.3 Å². The van der Waals surface area contributed by atoms with Gasteiger partial charge in [0.2, 0.25) is 0 Å². The van der Waals surface area contributed by atoms with Crippen molar-refractivity contribution in [1.29, 1.82) is 0 Å². The van der Waals surface area contributed by atoms with E-state index in [0.29, 0.717) is 0 Å². The van der Waals surface area contributed by atoms with Gasteiger partial charge >= 0.3 is 15.2 Å². The lowest BCUT2D eigenvalue weighted by molar-refractivity contribution is 0.121. The minimum Gasteiger partial charge on any atom is -0.368 e. The number of rotatable bonds is 5. The molecule has 0 aliphatic heterocycles. The fourth-order valence-electron chi connectivity index (χ4n) is 0.800. The zero-order valence-corrected chi connectivity index (χ0v) is 11.8. The molecule has 0 spiro atoms. The number of nitrogens with two attached hydrogens (primary N) is 1. The fraction of sp³-hybridized carbons (Fsp3) is 1.00. The first-order valence-electron chi connectivity index (χ1n) is 3.60. The fourth-order valence-corrected chi connectivity index (χ4v) is 3.06. The molecular formula is C4H25N5O7P2. The molecule has 19 N–H and O–H groups in total. The molecule has 18 heavy (non-hydrogen) atoms. The summed E-state index contributed by atoms with van der Waals surface area (Å²) in [5.41, 5.74) is 5.01. The largest absolute Gasteiger partial charge is 0.369 e. The van der Waals surface area contributed by atoms with Crippen LogP contribution in [0.2, 0.25) is 0 Å². The molecule has 14 heteroatoms. The standard InChI is InChI=1S/C4H13NO7P2.4H3N/c5-3-1-2-4(6,13(7,8)9)14(10,11)12;;;;/h6H,1-3,5H2,(H2,7,8,9)(H2,10,11,12);4*1H3. The van der Waals surface area contributed by atoms with Gasteiger partial charge in [0.25, 0.3) is 5.08 Å². The molecule has 0 aromatic rings. The maximum absolute atomic E-state index is 10.7. The van der Waals surface area contributed by atoms with Crippen LogP contribution in [0.5, 0.6) is 0 Å². The second kappa shape index (κ2) is 9.92. The monoisotopic (exact) mass is 317 g/mol. The molecule has 0 aliphatic carbocycles. The third kappa shape index (κ3) is 6.85. The molecule has 0 aromatic carbocycles. The maximum atomic E-state index is 10.7. The van der Waals surface area contributed by atoms with E-state index in [2.05, 4.69) is 0 Å². The Balaban J connectivity index is -0.000000141. The SMILES string of the molecule is N.N.N.N.NCCCC(O)(P(=O)(O)O)P(=O)(O)O. The van der Waals surface area contributed by atoms with E-state index >= 15 is 0 Å². The highest BCUT2D eigenvalue weighted by Crippen LogP contribution is 2.69. The van der Waals surface area contributed by atoms with Crippen molar-refractivity contribution in [3.63, 3.8) is 0 Å². The first-order valence-corrected chi connectivity index (χ1v) is 6.82. The molecule has 0 radical (unpaired) electrons. The lowest BCUT2D eigenvalue weighted by atomic mass is 10.3. The molecule has 0 heterocycles. The van der Waals surface area contributed by atoms with Crippen molar-refractivity contribution < 1.29 is 33.8 Å². The van der Waals surface area contributed by atoms with Gasteiger partial charge in [0.05, 0.1) is 0 Å².